The Hall–Kier alpha value is -3.24. The molecule has 0 spiro atoms. The van der Waals surface area contributed by atoms with Crippen molar-refractivity contribution in [1.29, 1.82) is 0 Å². The van der Waals surface area contributed by atoms with Crippen molar-refractivity contribution in [3.63, 3.8) is 0 Å². The van der Waals surface area contributed by atoms with Gasteiger partial charge < -0.3 is 19.6 Å². The minimum absolute atomic E-state index is 0.00268. The summed E-state index contributed by atoms with van der Waals surface area (Å²) in [7, 11) is 0. The Labute approximate surface area is 296 Å². The van der Waals surface area contributed by atoms with E-state index >= 15 is 0 Å². The van der Waals surface area contributed by atoms with E-state index in [9.17, 15) is 24.3 Å². The molecular weight excluding hydrogens is 636 g/mol. The number of allylic oxidation sites excluding steroid dienone is 1. The minimum atomic E-state index is -1.18. The second kappa shape index (κ2) is 11.9. The number of nitrogens with zero attached hydrogens (tertiary/aromatic N) is 2. The number of carboxylic acids is 1. The molecule has 0 radical (unpaired) electrons. The van der Waals surface area contributed by atoms with E-state index in [1.54, 1.807) is 20.8 Å². The smallest absolute Gasteiger partial charge is 0.323 e. The van der Waals surface area contributed by atoms with E-state index in [2.05, 4.69) is 69.3 Å². The fourth-order valence-corrected chi connectivity index (χ4v) is 12.3. The summed E-state index contributed by atoms with van der Waals surface area (Å²) in [6, 6.07) is -0.405. The van der Waals surface area contributed by atoms with Crippen LogP contribution in [-0.2, 0) is 19.1 Å². The van der Waals surface area contributed by atoms with Crippen LogP contribution < -0.4 is 10.6 Å². The topological polar surface area (TPSA) is 161 Å². The molecular formula is C39H58N4O7. The van der Waals surface area contributed by atoms with Gasteiger partial charge in [-0.05, 0) is 116 Å². The number of rotatable bonds is 7. The fourth-order valence-electron chi connectivity index (χ4n) is 12.3. The standard InChI is InChI=1S/C39H58N4O7/c1-21(2)29-24(44)19-39(41-32(48)40-33-43-42-22(3)49-33)18-17-37(9)23(30(29)39)11-12-26-36(8)15-14-27(50-28(45)20-34(4,5)31(46)47)35(6,7)25(36)13-16-38(26,37)10/h21,23,25-27H,11-20H2,1-10H3,(H,46,47)(H2,40,41,43,48)/t23?,25?,26?,27-,36-,37+,38+,39+/m0/s1. The van der Waals surface area contributed by atoms with Crippen LogP contribution in [0.1, 0.15) is 132 Å². The van der Waals surface area contributed by atoms with Crippen LogP contribution in [0.2, 0.25) is 0 Å². The number of nitrogens with one attached hydrogen (secondary N) is 2. The maximum Gasteiger partial charge on any atom is 0.323 e. The summed E-state index contributed by atoms with van der Waals surface area (Å²) in [6.07, 6.45) is 7.18. The molecule has 2 amide bonds. The lowest BCUT2D eigenvalue weighted by atomic mass is 9.33. The summed E-state index contributed by atoms with van der Waals surface area (Å²) in [6.45, 7) is 20.9. The number of esters is 1. The Morgan fingerprint density at radius 3 is 2.28 bits per heavy atom. The SMILES string of the molecule is Cc1nnc(NC(=O)N[C@@]23CC[C@]4(C)C(CCC5[C@@]6(C)CC[C@H](OC(=O)CC(C)(C)C(=O)O)C(C)(C)C6CC[C@]54C)C2=C(C(C)C)C(=O)C3)o1. The Balaban J connectivity index is 1.28. The highest BCUT2D eigenvalue weighted by molar-refractivity contribution is 6.02. The van der Waals surface area contributed by atoms with E-state index < -0.39 is 28.9 Å². The number of hydrogen-bond donors (Lipinski definition) is 3. The van der Waals surface area contributed by atoms with Gasteiger partial charge in [0, 0.05) is 18.8 Å². The summed E-state index contributed by atoms with van der Waals surface area (Å²) >= 11 is 0. The predicted octanol–water partition coefficient (Wildman–Crippen LogP) is 7.65. The van der Waals surface area contributed by atoms with Crippen LogP contribution in [0.4, 0.5) is 10.8 Å². The van der Waals surface area contributed by atoms with Crippen molar-refractivity contribution >= 4 is 29.8 Å². The van der Waals surface area contributed by atoms with Gasteiger partial charge in [-0.2, -0.15) is 0 Å². The second-order valence-electron chi connectivity index (χ2n) is 18.7. The maximum atomic E-state index is 13.9. The number of carboxylic acid groups (broad SMARTS) is 1. The minimum Gasteiger partial charge on any atom is -0.481 e. The third-order valence-electron chi connectivity index (χ3n) is 14.9. The Morgan fingerprint density at radius 2 is 1.66 bits per heavy atom. The number of ether oxygens (including phenoxy) is 1. The molecule has 4 fully saturated rings. The van der Waals surface area contributed by atoms with Crippen LogP contribution >= 0.6 is 0 Å². The predicted molar refractivity (Wildman–Crippen MR) is 187 cm³/mol. The Bertz CT molecular complexity index is 1630. The van der Waals surface area contributed by atoms with Crippen molar-refractivity contribution in [2.75, 3.05) is 5.32 Å². The third-order valence-corrected chi connectivity index (χ3v) is 14.9. The number of carbonyl (C=O) groups excluding carboxylic acids is 3. The first kappa shape index (κ1) is 36.5. The highest BCUT2D eigenvalue weighted by Crippen LogP contribution is 2.76. The zero-order valence-corrected chi connectivity index (χ0v) is 31.7. The molecule has 276 valence electrons. The number of anilines is 1. The molecule has 3 unspecified atom stereocenters. The van der Waals surface area contributed by atoms with Crippen molar-refractivity contribution in [3.05, 3.63) is 17.0 Å². The van der Waals surface area contributed by atoms with Crippen molar-refractivity contribution < 1.29 is 33.4 Å². The molecule has 5 aliphatic carbocycles. The van der Waals surface area contributed by atoms with E-state index in [4.69, 9.17) is 9.15 Å². The van der Waals surface area contributed by atoms with E-state index in [1.807, 2.05) is 0 Å². The van der Waals surface area contributed by atoms with Gasteiger partial charge in [0.05, 0.1) is 17.4 Å². The zero-order chi connectivity index (χ0) is 36.8. The quantitative estimate of drug-likeness (QED) is 0.244. The average molecular weight is 695 g/mol. The Morgan fingerprint density at radius 1 is 0.960 bits per heavy atom. The second-order valence-corrected chi connectivity index (χ2v) is 18.7. The molecule has 0 saturated heterocycles. The van der Waals surface area contributed by atoms with E-state index in [1.165, 1.54) is 0 Å². The third kappa shape index (κ3) is 5.42. The lowest BCUT2D eigenvalue weighted by Gasteiger charge is -2.72. The molecule has 11 nitrogen and oxygen atoms in total. The normalized spacial score (nSPS) is 37.7. The van der Waals surface area contributed by atoms with Crippen molar-refractivity contribution in [3.8, 4) is 0 Å². The number of Topliss-reactive ketones (excluding diaryl/α,β-unsaturated/α-hetero) is 1. The van der Waals surface area contributed by atoms with Gasteiger partial charge in [0.25, 0.3) is 0 Å². The number of ketones is 1. The lowest BCUT2D eigenvalue weighted by Crippen LogP contribution is -2.67. The number of aliphatic carboxylic acids is 1. The van der Waals surface area contributed by atoms with Crippen molar-refractivity contribution in [1.82, 2.24) is 15.5 Å². The van der Waals surface area contributed by atoms with Crippen LogP contribution in [0.15, 0.2) is 15.6 Å². The van der Waals surface area contributed by atoms with Gasteiger partial charge in [0.1, 0.15) is 6.10 Å². The molecule has 0 aromatic carbocycles. The molecule has 5 aliphatic rings. The van der Waals surface area contributed by atoms with Crippen molar-refractivity contribution in [2.24, 2.45) is 50.7 Å². The fraction of sp³-hybridized carbons (Fsp3) is 0.795. The molecule has 3 N–H and O–H groups in total. The monoisotopic (exact) mass is 694 g/mol. The maximum absolute atomic E-state index is 13.9. The first-order valence-corrected chi connectivity index (χ1v) is 18.7. The van der Waals surface area contributed by atoms with Crippen LogP contribution in [0.3, 0.4) is 0 Å². The largest absolute Gasteiger partial charge is 0.481 e. The number of aryl methyl sites for hydroxylation is 1. The van der Waals surface area contributed by atoms with Crippen LogP contribution in [0, 0.1) is 57.7 Å². The van der Waals surface area contributed by atoms with E-state index in [0.29, 0.717) is 24.1 Å². The zero-order valence-electron chi connectivity index (χ0n) is 31.7. The molecule has 50 heavy (non-hydrogen) atoms. The number of carbonyl (C=O) groups is 4. The average Bonchev–Trinajstić information content (AvgIpc) is 3.53. The molecule has 6 rings (SSSR count). The van der Waals surface area contributed by atoms with Gasteiger partial charge in [-0.1, -0.05) is 53.6 Å². The number of fused-ring (bicyclic) bond motifs is 7. The lowest BCUT2D eigenvalue weighted by molar-refractivity contribution is -0.232. The summed E-state index contributed by atoms with van der Waals surface area (Å²) < 4.78 is 11.5. The van der Waals surface area contributed by atoms with Gasteiger partial charge in [0.2, 0.25) is 5.89 Å². The summed E-state index contributed by atoms with van der Waals surface area (Å²) in [5.74, 6) is 0.0482. The molecule has 0 aliphatic heterocycles. The van der Waals surface area contributed by atoms with Crippen LogP contribution in [0.25, 0.3) is 0 Å². The van der Waals surface area contributed by atoms with Gasteiger partial charge in [-0.15, -0.1) is 5.10 Å². The summed E-state index contributed by atoms with van der Waals surface area (Å²) in [4.78, 5) is 52.1. The molecule has 11 heteroatoms. The van der Waals surface area contributed by atoms with E-state index in [0.717, 1.165) is 56.1 Å². The first-order valence-electron chi connectivity index (χ1n) is 18.7. The molecule has 8 atom stereocenters. The van der Waals surface area contributed by atoms with Gasteiger partial charge in [-0.25, -0.2) is 4.79 Å². The summed E-state index contributed by atoms with van der Waals surface area (Å²) in [5, 5.41) is 23.3. The molecule has 0 bridgehead atoms. The highest BCUT2D eigenvalue weighted by atomic mass is 16.5. The molecule has 1 aromatic heterocycles. The van der Waals surface area contributed by atoms with E-state index in [-0.39, 0.29) is 64.2 Å². The molecule has 1 heterocycles. The summed E-state index contributed by atoms with van der Waals surface area (Å²) in [5.41, 5.74) is -0.192. The molecule has 4 saturated carbocycles. The van der Waals surface area contributed by atoms with Gasteiger partial charge in [-0.3, -0.25) is 19.7 Å². The van der Waals surface area contributed by atoms with Crippen LogP contribution in [0.5, 0.6) is 0 Å². The van der Waals surface area contributed by atoms with Crippen molar-refractivity contribution in [2.45, 2.75) is 145 Å². The highest BCUT2D eigenvalue weighted by Gasteiger charge is 2.70. The number of urea groups is 1. The number of amides is 2. The van der Waals surface area contributed by atoms with Gasteiger partial charge in [0.15, 0.2) is 5.78 Å². The van der Waals surface area contributed by atoms with Gasteiger partial charge >= 0.3 is 24.0 Å². The number of hydrogen-bond acceptors (Lipinski definition) is 8. The molecule has 1 aromatic rings. The van der Waals surface area contributed by atoms with Crippen LogP contribution in [-0.4, -0.2) is 50.7 Å². The first-order chi connectivity index (χ1) is 23.1. The number of aromatic nitrogens is 2. The Kier molecular flexibility index (Phi) is 8.70.